The van der Waals surface area contributed by atoms with Crippen molar-refractivity contribution in [3.05, 3.63) is 46.0 Å². The van der Waals surface area contributed by atoms with E-state index in [0.717, 1.165) is 62.6 Å². The lowest BCUT2D eigenvalue weighted by molar-refractivity contribution is -0.176. The molecule has 1 aromatic heterocycles. The Hall–Kier alpha value is -1.88. The molecule has 1 heterocycles. The van der Waals surface area contributed by atoms with Gasteiger partial charge in [0.1, 0.15) is 7.11 Å². The fraction of sp³-hybridized carbons (Fsp3) is 0.680. The maximum absolute atomic E-state index is 12.2. The molecular formula is C25H33NO4. The van der Waals surface area contributed by atoms with Crippen LogP contribution in [0, 0.1) is 22.7 Å². The van der Waals surface area contributed by atoms with Crippen molar-refractivity contribution in [2.75, 3.05) is 7.11 Å². The SMILES string of the molecule is CO/N=C1/C=C2CC[C@@H]3C(CCC4(C)C(c5ccc(=O)oc5)CCC34O)C2(C)CC1. The highest BCUT2D eigenvalue weighted by atomic mass is 16.6. The number of hydrogen-bond acceptors (Lipinski definition) is 5. The number of oxime groups is 1. The van der Waals surface area contributed by atoms with Gasteiger partial charge in [0.15, 0.2) is 0 Å². The minimum Gasteiger partial charge on any atom is -0.431 e. The minimum atomic E-state index is -0.661. The quantitative estimate of drug-likeness (QED) is 0.709. The normalized spacial score (nSPS) is 44.1. The van der Waals surface area contributed by atoms with Crippen LogP contribution in [0.15, 0.2) is 44.4 Å². The van der Waals surface area contributed by atoms with Crippen molar-refractivity contribution < 1.29 is 14.4 Å². The van der Waals surface area contributed by atoms with Crippen LogP contribution in [0.25, 0.3) is 0 Å². The second-order valence-corrected chi connectivity index (χ2v) is 10.5. The van der Waals surface area contributed by atoms with Gasteiger partial charge in [-0.25, -0.2) is 4.79 Å². The van der Waals surface area contributed by atoms with E-state index in [-0.39, 0.29) is 22.4 Å². The van der Waals surface area contributed by atoms with E-state index in [2.05, 4.69) is 25.1 Å². The predicted octanol–water partition coefficient (Wildman–Crippen LogP) is 4.80. The average molecular weight is 412 g/mol. The molecule has 0 spiro atoms. The summed E-state index contributed by atoms with van der Waals surface area (Å²) in [5.74, 6) is 1.07. The summed E-state index contributed by atoms with van der Waals surface area (Å²) in [6, 6.07) is 3.42. The third-order valence-corrected chi connectivity index (χ3v) is 9.50. The molecule has 0 saturated heterocycles. The van der Waals surface area contributed by atoms with Crippen LogP contribution in [-0.4, -0.2) is 23.5 Å². The van der Waals surface area contributed by atoms with Crippen LogP contribution >= 0.6 is 0 Å². The molecule has 162 valence electrons. The van der Waals surface area contributed by atoms with Gasteiger partial charge in [0.2, 0.25) is 0 Å². The van der Waals surface area contributed by atoms with Crippen LogP contribution in [0.2, 0.25) is 0 Å². The van der Waals surface area contributed by atoms with Gasteiger partial charge in [0.25, 0.3) is 0 Å². The Labute approximate surface area is 178 Å². The van der Waals surface area contributed by atoms with Crippen molar-refractivity contribution in [2.45, 2.75) is 76.7 Å². The summed E-state index contributed by atoms with van der Waals surface area (Å²) in [5, 5.41) is 16.4. The van der Waals surface area contributed by atoms with Crippen LogP contribution in [0.1, 0.15) is 76.7 Å². The van der Waals surface area contributed by atoms with Crippen LogP contribution in [0.4, 0.5) is 0 Å². The molecule has 1 N–H and O–H groups in total. The van der Waals surface area contributed by atoms with Crippen molar-refractivity contribution in [3.8, 4) is 0 Å². The molecule has 3 fully saturated rings. The third kappa shape index (κ3) is 2.63. The first kappa shape index (κ1) is 20.0. The van der Waals surface area contributed by atoms with Gasteiger partial charge < -0.3 is 14.4 Å². The molecule has 1 aromatic rings. The first-order valence-corrected chi connectivity index (χ1v) is 11.4. The molecule has 5 rings (SSSR count). The highest BCUT2D eigenvalue weighted by Crippen LogP contribution is 2.69. The lowest BCUT2D eigenvalue weighted by atomic mass is 9.45. The fourth-order valence-electron chi connectivity index (χ4n) is 7.83. The Kier molecular flexibility index (Phi) is 4.55. The molecule has 0 amide bonds. The Morgan fingerprint density at radius 3 is 2.67 bits per heavy atom. The summed E-state index contributed by atoms with van der Waals surface area (Å²) in [6.07, 6.45) is 11.9. The predicted molar refractivity (Wildman–Crippen MR) is 115 cm³/mol. The second kappa shape index (κ2) is 6.81. The zero-order valence-electron chi connectivity index (χ0n) is 18.3. The average Bonchev–Trinajstić information content (AvgIpc) is 3.01. The van der Waals surface area contributed by atoms with E-state index in [1.807, 2.05) is 6.07 Å². The molecule has 4 aliphatic rings. The molecule has 5 nitrogen and oxygen atoms in total. The van der Waals surface area contributed by atoms with E-state index in [0.29, 0.717) is 11.8 Å². The highest BCUT2D eigenvalue weighted by molar-refractivity contribution is 5.96. The molecule has 3 saturated carbocycles. The molecule has 30 heavy (non-hydrogen) atoms. The number of nitrogens with zero attached hydrogens (tertiary/aromatic N) is 1. The third-order valence-electron chi connectivity index (χ3n) is 9.50. The molecule has 0 bridgehead atoms. The molecular weight excluding hydrogens is 378 g/mol. The lowest BCUT2D eigenvalue weighted by Gasteiger charge is -2.61. The molecule has 5 heteroatoms. The zero-order valence-corrected chi connectivity index (χ0v) is 18.3. The summed E-state index contributed by atoms with van der Waals surface area (Å²) in [7, 11) is 1.61. The molecule has 4 aliphatic carbocycles. The Morgan fingerprint density at radius 2 is 1.93 bits per heavy atom. The maximum Gasteiger partial charge on any atom is 0.335 e. The van der Waals surface area contributed by atoms with E-state index in [9.17, 15) is 9.90 Å². The van der Waals surface area contributed by atoms with E-state index in [4.69, 9.17) is 9.25 Å². The Morgan fingerprint density at radius 1 is 1.10 bits per heavy atom. The molecule has 6 atom stereocenters. The molecule has 0 radical (unpaired) electrons. The minimum absolute atomic E-state index is 0.143. The number of hydrogen-bond donors (Lipinski definition) is 1. The van der Waals surface area contributed by atoms with Gasteiger partial charge in [0.05, 0.1) is 17.6 Å². The van der Waals surface area contributed by atoms with Crippen molar-refractivity contribution >= 4 is 5.71 Å². The highest BCUT2D eigenvalue weighted by Gasteiger charge is 2.66. The van der Waals surface area contributed by atoms with Gasteiger partial charge >= 0.3 is 5.63 Å². The zero-order chi connectivity index (χ0) is 21.1. The van der Waals surface area contributed by atoms with Gasteiger partial charge in [-0.2, -0.15) is 0 Å². The topological polar surface area (TPSA) is 72.0 Å². The lowest BCUT2D eigenvalue weighted by Crippen LogP contribution is -2.60. The second-order valence-electron chi connectivity index (χ2n) is 10.5. The van der Waals surface area contributed by atoms with Gasteiger partial charge in [-0.1, -0.05) is 24.6 Å². The summed E-state index contributed by atoms with van der Waals surface area (Å²) >= 11 is 0. The molecule has 0 aromatic carbocycles. The Balaban J connectivity index is 1.49. The number of aliphatic hydroxyl groups is 1. The van der Waals surface area contributed by atoms with Crippen LogP contribution in [-0.2, 0) is 4.84 Å². The van der Waals surface area contributed by atoms with Crippen molar-refractivity contribution in [3.63, 3.8) is 0 Å². The maximum atomic E-state index is 12.2. The van der Waals surface area contributed by atoms with E-state index in [1.54, 1.807) is 13.4 Å². The van der Waals surface area contributed by atoms with E-state index < -0.39 is 5.60 Å². The Bertz CT molecular complexity index is 944. The summed E-state index contributed by atoms with van der Waals surface area (Å²) in [5.41, 5.74) is 2.60. The first-order chi connectivity index (χ1) is 14.3. The van der Waals surface area contributed by atoms with E-state index >= 15 is 0 Å². The van der Waals surface area contributed by atoms with Gasteiger partial charge in [-0.3, -0.25) is 0 Å². The molecule has 5 unspecified atom stereocenters. The first-order valence-electron chi connectivity index (χ1n) is 11.4. The van der Waals surface area contributed by atoms with Crippen molar-refractivity contribution in [1.29, 1.82) is 0 Å². The molecule has 0 aliphatic heterocycles. The van der Waals surface area contributed by atoms with E-state index in [1.165, 1.54) is 11.6 Å². The smallest absolute Gasteiger partial charge is 0.335 e. The van der Waals surface area contributed by atoms with Gasteiger partial charge in [-0.15, -0.1) is 0 Å². The summed E-state index contributed by atoms with van der Waals surface area (Å²) < 4.78 is 5.19. The summed E-state index contributed by atoms with van der Waals surface area (Å²) in [4.78, 5) is 16.5. The standard InChI is InChI=1S/C25H33NO4/c1-23-11-8-18(26-29-3)14-17(23)5-6-21-20(23)9-12-24(2)19(10-13-25(21,24)28)16-4-7-22(27)30-15-16/h4,7,14-15,19-21,28H,5-6,8-13H2,1-3H3/b26-18+/t19?,20?,21-,23?,24?,25?/m1/s1. The van der Waals surface area contributed by atoms with Crippen LogP contribution in [0.5, 0.6) is 0 Å². The van der Waals surface area contributed by atoms with Crippen molar-refractivity contribution in [1.82, 2.24) is 0 Å². The monoisotopic (exact) mass is 411 g/mol. The fourth-order valence-corrected chi connectivity index (χ4v) is 7.83. The van der Waals surface area contributed by atoms with Crippen molar-refractivity contribution in [2.24, 2.45) is 27.8 Å². The summed E-state index contributed by atoms with van der Waals surface area (Å²) in [6.45, 7) is 4.70. The van der Waals surface area contributed by atoms with Gasteiger partial charge in [0, 0.05) is 11.5 Å². The number of allylic oxidation sites excluding steroid dienone is 2. The number of rotatable bonds is 2. The van der Waals surface area contributed by atoms with Crippen LogP contribution < -0.4 is 5.63 Å². The number of fused-ring (bicyclic) bond motifs is 5. The van der Waals surface area contributed by atoms with Gasteiger partial charge in [-0.05, 0) is 92.2 Å². The van der Waals surface area contributed by atoms with Crippen LogP contribution in [0.3, 0.4) is 0 Å². The largest absolute Gasteiger partial charge is 0.431 e.